The van der Waals surface area contributed by atoms with Crippen molar-refractivity contribution in [3.05, 3.63) is 63.1 Å². The van der Waals surface area contributed by atoms with Crippen LogP contribution in [-0.2, 0) is 0 Å². The van der Waals surface area contributed by atoms with Crippen molar-refractivity contribution in [2.24, 2.45) is 0 Å². The van der Waals surface area contributed by atoms with Gasteiger partial charge in [-0.1, -0.05) is 23.2 Å². The molecular formula is C15H13Cl2F2N. The third kappa shape index (κ3) is 3.41. The van der Waals surface area contributed by atoms with Crippen molar-refractivity contribution in [1.82, 2.24) is 0 Å². The Labute approximate surface area is 126 Å². The maximum atomic E-state index is 13.2. The summed E-state index contributed by atoms with van der Waals surface area (Å²) in [6.45, 7) is 3.64. The van der Waals surface area contributed by atoms with E-state index in [-0.39, 0.29) is 6.04 Å². The molecule has 1 nitrogen and oxygen atoms in total. The average Bonchev–Trinajstić information content (AvgIpc) is 2.34. The van der Waals surface area contributed by atoms with Crippen LogP contribution in [0.5, 0.6) is 0 Å². The first-order chi connectivity index (χ1) is 9.36. The van der Waals surface area contributed by atoms with Crippen molar-refractivity contribution in [3.63, 3.8) is 0 Å². The maximum Gasteiger partial charge on any atom is 0.126 e. The lowest BCUT2D eigenvalue weighted by Gasteiger charge is -2.18. The number of hydrogen-bond donors (Lipinski definition) is 1. The number of aryl methyl sites for hydroxylation is 1. The zero-order valence-electron chi connectivity index (χ0n) is 11.0. The van der Waals surface area contributed by atoms with Gasteiger partial charge in [0.2, 0.25) is 0 Å². The summed E-state index contributed by atoms with van der Waals surface area (Å²) in [6, 6.07) is 6.54. The van der Waals surface area contributed by atoms with Gasteiger partial charge in [-0.2, -0.15) is 0 Å². The lowest BCUT2D eigenvalue weighted by molar-refractivity contribution is 0.577. The highest BCUT2D eigenvalue weighted by molar-refractivity contribution is 6.35. The van der Waals surface area contributed by atoms with Gasteiger partial charge in [0.1, 0.15) is 11.6 Å². The Morgan fingerprint density at radius 3 is 2.15 bits per heavy atom. The molecule has 1 unspecified atom stereocenters. The van der Waals surface area contributed by atoms with Crippen LogP contribution < -0.4 is 5.32 Å². The van der Waals surface area contributed by atoms with E-state index in [0.717, 1.165) is 11.6 Å². The van der Waals surface area contributed by atoms with Crippen LogP contribution in [0.4, 0.5) is 14.5 Å². The number of nitrogens with one attached hydrogen (secondary N) is 1. The van der Waals surface area contributed by atoms with Crippen molar-refractivity contribution in [3.8, 4) is 0 Å². The van der Waals surface area contributed by atoms with Gasteiger partial charge in [0.15, 0.2) is 0 Å². The van der Waals surface area contributed by atoms with E-state index in [2.05, 4.69) is 5.32 Å². The highest BCUT2D eigenvalue weighted by Crippen LogP contribution is 2.31. The van der Waals surface area contributed by atoms with Gasteiger partial charge in [0, 0.05) is 17.1 Å². The molecule has 5 heteroatoms. The highest BCUT2D eigenvalue weighted by Gasteiger charge is 2.11. The van der Waals surface area contributed by atoms with E-state index in [1.807, 2.05) is 6.92 Å². The van der Waals surface area contributed by atoms with E-state index in [4.69, 9.17) is 23.2 Å². The second-order valence-electron chi connectivity index (χ2n) is 4.65. The van der Waals surface area contributed by atoms with Crippen LogP contribution in [-0.4, -0.2) is 0 Å². The average molecular weight is 316 g/mol. The maximum absolute atomic E-state index is 13.2. The SMILES string of the molecule is Cc1cc(Cl)c(NC(C)c2cc(F)cc(F)c2)cc1Cl. The number of hydrogen-bond acceptors (Lipinski definition) is 1. The van der Waals surface area contributed by atoms with E-state index in [9.17, 15) is 8.78 Å². The number of halogens is 4. The second kappa shape index (κ2) is 5.98. The fourth-order valence-electron chi connectivity index (χ4n) is 1.90. The molecule has 20 heavy (non-hydrogen) atoms. The first kappa shape index (κ1) is 15.1. The monoisotopic (exact) mass is 315 g/mol. The van der Waals surface area contributed by atoms with Crippen LogP contribution in [0.25, 0.3) is 0 Å². The standard InChI is InChI=1S/C15H13Cl2F2N/c1-8-3-14(17)15(7-13(8)16)20-9(2)10-4-11(18)6-12(19)5-10/h3-7,9,20H,1-2H3. The molecular weight excluding hydrogens is 303 g/mol. The van der Waals surface area contributed by atoms with Gasteiger partial charge in [-0.05, 0) is 49.2 Å². The van der Waals surface area contributed by atoms with Gasteiger partial charge in [-0.25, -0.2) is 8.78 Å². The topological polar surface area (TPSA) is 12.0 Å². The summed E-state index contributed by atoms with van der Waals surface area (Å²) in [7, 11) is 0. The van der Waals surface area contributed by atoms with E-state index in [1.165, 1.54) is 12.1 Å². The first-order valence-corrected chi connectivity index (χ1v) is 6.80. The van der Waals surface area contributed by atoms with Gasteiger partial charge in [-0.15, -0.1) is 0 Å². The molecule has 0 aliphatic carbocycles. The normalized spacial score (nSPS) is 12.3. The minimum atomic E-state index is -0.610. The summed E-state index contributed by atoms with van der Waals surface area (Å²) >= 11 is 12.2. The highest BCUT2D eigenvalue weighted by atomic mass is 35.5. The Bertz CT molecular complexity index is 624. The van der Waals surface area contributed by atoms with Crippen LogP contribution in [0.1, 0.15) is 24.1 Å². The molecule has 0 aliphatic heterocycles. The van der Waals surface area contributed by atoms with Crippen molar-refractivity contribution in [2.45, 2.75) is 19.9 Å². The molecule has 0 radical (unpaired) electrons. The van der Waals surface area contributed by atoms with E-state index in [0.29, 0.717) is 21.3 Å². The fourth-order valence-corrected chi connectivity index (χ4v) is 2.34. The van der Waals surface area contributed by atoms with Crippen molar-refractivity contribution < 1.29 is 8.78 Å². The van der Waals surface area contributed by atoms with Crippen molar-refractivity contribution >= 4 is 28.9 Å². The zero-order chi connectivity index (χ0) is 14.9. The molecule has 0 fully saturated rings. The predicted octanol–water partition coefficient (Wildman–Crippen LogP) is 5.75. The molecule has 0 bridgehead atoms. The second-order valence-corrected chi connectivity index (χ2v) is 5.46. The Hall–Kier alpha value is -1.32. The molecule has 2 aromatic carbocycles. The Balaban J connectivity index is 2.27. The zero-order valence-corrected chi connectivity index (χ0v) is 12.5. The summed E-state index contributed by atoms with van der Waals surface area (Å²) in [5.41, 5.74) is 1.99. The predicted molar refractivity (Wildman–Crippen MR) is 79.6 cm³/mol. The molecule has 106 valence electrons. The van der Waals surface area contributed by atoms with E-state index in [1.54, 1.807) is 19.1 Å². The molecule has 0 saturated heterocycles. The van der Waals surface area contributed by atoms with Gasteiger partial charge >= 0.3 is 0 Å². The van der Waals surface area contributed by atoms with Crippen LogP contribution in [0.3, 0.4) is 0 Å². The van der Waals surface area contributed by atoms with E-state index < -0.39 is 11.6 Å². The van der Waals surface area contributed by atoms with E-state index >= 15 is 0 Å². The smallest absolute Gasteiger partial charge is 0.126 e. The fraction of sp³-hybridized carbons (Fsp3) is 0.200. The molecule has 0 heterocycles. The number of anilines is 1. The van der Waals surface area contributed by atoms with Crippen LogP contribution in [0.2, 0.25) is 10.0 Å². The minimum Gasteiger partial charge on any atom is -0.377 e. The van der Waals surface area contributed by atoms with Gasteiger partial charge in [-0.3, -0.25) is 0 Å². The molecule has 0 aliphatic rings. The molecule has 2 aromatic rings. The molecule has 0 spiro atoms. The summed E-state index contributed by atoms with van der Waals surface area (Å²) in [4.78, 5) is 0. The van der Waals surface area contributed by atoms with Crippen molar-refractivity contribution in [2.75, 3.05) is 5.32 Å². The molecule has 0 saturated carbocycles. The summed E-state index contributed by atoms with van der Waals surface area (Å²) < 4.78 is 26.4. The molecule has 2 rings (SSSR count). The van der Waals surface area contributed by atoms with Crippen LogP contribution >= 0.6 is 23.2 Å². The summed E-state index contributed by atoms with van der Waals surface area (Å²) in [6.07, 6.45) is 0. The third-order valence-electron chi connectivity index (χ3n) is 3.01. The molecule has 0 aromatic heterocycles. The Morgan fingerprint density at radius 1 is 0.950 bits per heavy atom. The lowest BCUT2D eigenvalue weighted by atomic mass is 10.1. The Morgan fingerprint density at radius 2 is 1.55 bits per heavy atom. The quantitative estimate of drug-likeness (QED) is 0.760. The summed E-state index contributed by atoms with van der Waals surface area (Å²) in [5.74, 6) is -1.22. The van der Waals surface area contributed by atoms with Gasteiger partial charge < -0.3 is 5.32 Å². The molecule has 0 amide bonds. The summed E-state index contributed by atoms with van der Waals surface area (Å²) in [5, 5.41) is 4.19. The van der Waals surface area contributed by atoms with Crippen LogP contribution in [0.15, 0.2) is 30.3 Å². The first-order valence-electron chi connectivity index (χ1n) is 6.05. The van der Waals surface area contributed by atoms with Gasteiger partial charge in [0.25, 0.3) is 0 Å². The Kier molecular flexibility index (Phi) is 4.51. The van der Waals surface area contributed by atoms with Gasteiger partial charge in [0.05, 0.1) is 10.7 Å². The third-order valence-corrected chi connectivity index (χ3v) is 3.73. The number of benzene rings is 2. The molecule has 1 atom stereocenters. The lowest BCUT2D eigenvalue weighted by Crippen LogP contribution is -2.08. The minimum absolute atomic E-state index is 0.309. The number of rotatable bonds is 3. The van der Waals surface area contributed by atoms with Crippen LogP contribution in [0, 0.1) is 18.6 Å². The largest absolute Gasteiger partial charge is 0.377 e. The molecule has 1 N–H and O–H groups in total. The van der Waals surface area contributed by atoms with Crippen molar-refractivity contribution in [1.29, 1.82) is 0 Å².